The van der Waals surface area contributed by atoms with Gasteiger partial charge in [-0.25, -0.2) is 4.98 Å². The van der Waals surface area contributed by atoms with Gasteiger partial charge in [-0.15, -0.1) is 29.3 Å². The number of imidazole rings is 1. The van der Waals surface area contributed by atoms with E-state index in [1.807, 2.05) is 63.2 Å². The van der Waals surface area contributed by atoms with Gasteiger partial charge in [0.15, 0.2) is 0 Å². The van der Waals surface area contributed by atoms with E-state index < -0.39 is 42.7 Å². The molecule has 5 heteroatoms. The zero-order valence-corrected chi connectivity index (χ0v) is 38.2. The number of para-hydroxylation sites is 1. The summed E-state index contributed by atoms with van der Waals surface area (Å²) in [6.45, 7) is 12.9. The molecule has 0 aliphatic carbocycles. The van der Waals surface area contributed by atoms with Crippen molar-refractivity contribution in [1.29, 1.82) is 0 Å². The summed E-state index contributed by atoms with van der Waals surface area (Å²) in [4.78, 5) is 10.1. The van der Waals surface area contributed by atoms with Crippen LogP contribution in [0.5, 0.6) is 5.75 Å². The predicted octanol–water partition coefficient (Wildman–Crippen LogP) is 14.8. The first-order chi connectivity index (χ1) is 32.9. The number of fused-ring (bicyclic) bond motifs is 1. The average molecular weight is 993 g/mol. The molecule has 8 rings (SSSR count). The largest absolute Gasteiger partial charge is 0.507 e. The smallest absolute Gasteiger partial charge is 0.148 e. The normalized spacial score (nSPS) is 15.1. The third-order valence-electron chi connectivity index (χ3n) is 11.0. The topological polar surface area (TPSA) is 50.9 Å². The fourth-order valence-corrected chi connectivity index (χ4v) is 7.58. The molecule has 6 aromatic carbocycles. The zero-order chi connectivity index (χ0) is 52.1. The number of aryl methyl sites for hydroxylation is 1. The molecule has 1 N–H and O–H groups in total. The van der Waals surface area contributed by atoms with Crippen molar-refractivity contribution in [2.75, 3.05) is 0 Å². The summed E-state index contributed by atoms with van der Waals surface area (Å²) >= 11 is 0. The molecule has 0 unspecified atom stereocenters. The molecule has 0 spiro atoms. The van der Waals surface area contributed by atoms with Crippen LogP contribution < -0.4 is 0 Å². The fourth-order valence-electron chi connectivity index (χ4n) is 7.58. The summed E-state index contributed by atoms with van der Waals surface area (Å²) in [6.07, 6.45) is 1.54. The summed E-state index contributed by atoms with van der Waals surface area (Å²) < 4.78 is 96.3. The number of phenols is 1. The van der Waals surface area contributed by atoms with Crippen LogP contribution in [0.25, 0.3) is 72.7 Å². The van der Waals surface area contributed by atoms with Crippen LogP contribution in [0.1, 0.15) is 105 Å². The molecule has 0 aliphatic heterocycles. The minimum absolute atomic E-state index is 0. The van der Waals surface area contributed by atoms with Gasteiger partial charge < -0.3 is 5.11 Å². The van der Waals surface area contributed by atoms with E-state index in [4.69, 9.17) is 25.0 Å². The van der Waals surface area contributed by atoms with Crippen LogP contribution in [0.4, 0.5) is 0 Å². The number of benzene rings is 6. The first-order valence-electron chi connectivity index (χ1n) is 25.6. The number of aromatic hydroxyl groups is 1. The van der Waals surface area contributed by atoms with Crippen LogP contribution in [0, 0.1) is 19.8 Å². The number of pyridine rings is 1. The summed E-state index contributed by atoms with van der Waals surface area (Å²) in [6, 6.07) is 30.4. The predicted molar refractivity (Wildman–Crippen MR) is 252 cm³/mol. The SMILES string of the molecule is [2H]c1c([2H])c([2H])c(-c2ccnc(-c3[c-]c(-c4cccc5c4nc(-c4cc(C(C)(C)C)cc(C(C)(C)C)c4O)n5-c4cc(-c5ccccc5)c(C([2H])([2H])[2H])c(C([2H])([2H])[2H])c4)cc(C(C)(C)C)c3)c2)c([2H])c1[2H].[Pt]. The molecule has 2 heterocycles. The maximum atomic E-state index is 12.5. The average Bonchev–Trinajstić information content (AvgIpc) is 3.68. The molecule has 0 fully saturated rings. The van der Waals surface area contributed by atoms with Gasteiger partial charge in [0, 0.05) is 52.4 Å². The van der Waals surface area contributed by atoms with E-state index in [0.717, 1.165) is 11.1 Å². The van der Waals surface area contributed by atoms with E-state index in [1.165, 1.54) is 12.3 Å². The van der Waals surface area contributed by atoms with Gasteiger partial charge in [-0.3, -0.25) is 9.55 Å². The second kappa shape index (κ2) is 16.4. The molecule has 2 aromatic heterocycles. The Morgan fingerprint density at radius 3 is 2.02 bits per heavy atom. The summed E-state index contributed by atoms with van der Waals surface area (Å²) in [5, 5.41) is 12.5. The van der Waals surface area contributed by atoms with Crippen molar-refractivity contribution in [3.05, 3.63) is 167 Å². The molecule has 4 nitrogen and oxygen atoms in total. The monoisotopic (exact) mass is 992 g/mol. The molecule has 312 valence electrons. The number of phenolic OH excluding ortho intramolecular Hbond substituents is 1. The molecule has 61 heavy (non-hydrogen) atoms. The fraction of sp³-hybridized carbons (Fsp3) is 0.250. The van der Waals surface area contributed by atoms with Gasteiger partial charge >= 0.3 is 0 Å². The van der Waals surface area contributed by atoms with Crippen LogP contribution in [0.15, 0.2) is 133 Å². The first kappa shape index (κ1) is 31.3. The third kappa shape index (κ3) is 8.53. The molecule has 0 radical (unpaired) electrons. The standard InChI is InChI=1S/C56H56N3O.Pt/c1-35-27-44(34-46(36(35)2)38-21-16-13-17-22-38)59-50-24-18-23-45(51(50)58-53(59)47-32-43(55(6,7)8)33-48(52(47)60)56(9,10)11)40-28-41(30-42(29-40)54(3,4)5)49-31-39(25-26-57-49)37-19-14-12-15-20-37;/h12-27,29-34,60H,1-11H3;/q-1;/i1D3,2D3,12D,14D,15D,19D,20D;. The zero-order valence-electron chi connectivity index (χ0n) is 46.9. The summed E-state index contributed by atoms with van der Waals surface area (Å²) in [5.74, 6) is 0.287. The van der Waals surface area contributed by atoms with Crippen molar-refractivity contribution in [3.8, 4) is 67.5 Å². The Bertz CT molecular complexity index is 3380. The van der Waals surface area contributed by atoms with Gasteiger partial charge in [0.2, 0.25) is 0 Å². The van der Waals surface area contributed by atoms with Crippen LogP contribution in [-0.4, -0.2) is 19.6 Å². The minimum atomic E-state index is -2.86. The van der Waals surface area contributed by atoms with Crippen LogP contribution in [0.3, 0.4) is 0 Å². The Morgan fingerprint density at radius 2 is 1.34 bits per heavy atom. The molecule has 0 saturated carbocycles. The van der Waals surface area contributed by atoms with E-state index in [2.05, 4.69) is 47.6 Å². The summed E-state index contributed by atoms with van der Waals surface area (Å²) in [5.41, 5.74) is 5.74. The molecule has 8 aromatic rings. The van der Waals surface area contributed by atoms with Crippen molar-refractivity contribution in [3.63, 3.8) is 0 Å². The summed E-state index contributed by atoms with van der Waals surface area (Å²) in [7, 11) is 0. The van der Waals surface area contributed by atoms with E-state index in [-0.39, 0.29) is 66.6 Å². The second-order valence-electron chi connectivity index (χ2n) is 18.5. The van der Waals surface area contributed by atoms with E-state index in [9.17, 15) is 5.11 Å². The minimum Gasteiger partial charge on any atom is -0.507 e. The van der Waals surface area contributed by atoms with Gasteiger partial charge in [-0.1, -0.05) is 158 Å². The van der Waals surface area contributed by atoms with Gasteiger partial charge in [0.1, 0.15) is 11.6 Å². The van der Waals surface area contributed by atoms with Crippen molar-refractivity contribution in [2.45, 2.75) is 92.3 Å². The Kier molecular flexibility index (Phi) is 8.40. The maximum absolute atomic E-state index is 12.5. The Labute approximate surface area is 392 Å². The van der Waals surface area contributed by atoms with Gasteiger partial charge in [-0.2, -0.15) is 0 Å². The van der Waals surface area contributed by atoms with Crippen LogP contribution in [0.2, 0.25) is 0 Å². The molecule has 0 bridgehead atoms. The molecular formula is C56H56N3OPt-. The van der Waals surface area contributed by atoms with Crippen molar-refractivity contribution in [1.82, 2.24) is 14.5 Å². The van der Waals surface area contributed by atoms with E-state index >= 15 is 0 Å². The number of rotatable bonds is 6. The van der Waals surface area contributed by atoms with Gasteiger partial charge in [0.25, 0.3) is 0 Å². The van der Waals surface area contributed by atoms with Crippen molar-refractivity contribution in [2.24, 2.45) is 0 Å². The number of nitrogens with zero attached hydrogens (tertiary/aromatic N) is 3. The maximum Gasteiger partial charge on any atom is 0.148 e. The Hall–Kier alpha value is -5.57. The Morgan fingerprint density at radius 1 is 0.639 bits per heavy atom. The number of aromatic nitrogens is 3. The van der Waals surface area contributed by atoms with Crippen molar-refractivity contribution < 1.29 is 41.3 Å². The molecular weight excluding hydrogens is 926 g/mol. The third-order valence-corrected chi connectivity index (χ3v) is 11.0. The van der Waals surface area contributed by atoms with E-state index in [1.54, 1.807) is 53.1 Å². The molecule has 0 aliphatic rings. The first-order valence-corrected chi connectivity index (χ1v) is 20.1. The van der Waals surface area contributed by atoms with Gasteiger partial charge in [-0.05, 0) is 99.2 Å². The molecule has 0 saturated heterocycles. The van der Waals surface area contributed by atoms with Crippen LogP contribution >= 0.6 is 0 Å². The van der Waals surface area contributed by atoms with Crippen LogP contribution in [-0.2, 0) is 37.3 Å². The van der Waals surface area contributed by atoms with Crippen molar-refractivity contribution >= 4 is 11.0 Å². The molecule has 0 atom stereocenters. The van der Waals surface area contributed by atoms with Gasteiger partial charge in [0.05, 0.1) is 23.5 Å². The quantitative estimate of drug-likeness (QED) is 0.169. The van der Waals surface area contributed by atoms with E-state index in [0.29, 0.717) is 67.2 Å². The second-order valence-corrected chi connectivity index (χ2v) is 18.5. The molecule has 0 amide bonds. The number of hydrogen-bond donors (Lipinski definition) is 1. The number of hydrogen-bond acceptors (Lipinski definition) is 3. The Balaban J connectivity index is 0.00000760.